The number of hydrogen-bond acceptors (Lipinski definition) is 5. The molecule has 0 spiro atoms. The van der Waals surface area contributed by atoms with E-state index in [-0.39, 0.29) is 13.2 Å². The van der Waals surface area contributed by atoms with Crippen molar-refractivity contribution in [3.8, 4) is 0 Å². The Morgan fingerprint density at radius 1 is 1.70 bits per heavy atom. The molecule has 60 valence electrons. The quantitative estimate of drug-likeness (QED) is 0.379. The summed E-state index contributed by atoms with van der Waals surface area (Å²) in [5.74, 6) is 0. The Balaban J connectivity index is 3.51. The van der Waals surface area contributed by atoms with E-state index in [2.05, 4.69) is 9.47 Å². The Morgan fingerprint density at radius 2 is 2.30 bits per heavy atom. The molecule has 0 bridgehead atoms. The molecule has 0 aliphatic carbocycles. The van der Waals surface area contributed by atoms with Gasteiger partial charge in [-0.1, -0.05) is 0 Å². The number of carbonyl (C=O) groups excluding carboxylic acids is 1. The van der Waals surface area contributed by atoms with Gasteiger partial charge in [0.1, 0.15) is 12.9 Å². The number of aliphatic hydroxyl groups is 1. The Hall–Kier alpha value is -0.490. The summed E-state index contributed by atoms with van der Waals surface area (Å²) < 4.78 is 8.85. The number of rotatable bonds is 5. The number of carbonyl (C=O) groups is 1. The van der Waals surface area contributed by atoms with Gasteiger partial charge in [0.15, 0.2) is 0 Å². The minimum absolute atomic E-state index is 0.214. The van der Waals surface area contributed by atoms with Crippen LogP contribution in [0.15, 0.2) is 0 Å². The number of aldehydes is 1. The molecule has 0 saturated carbocycles. The topological polar surface area (TPSA) is 81.8 Å². The van der Waals surface area contributed by atoms with Gasteiger partial charge in [0, 0.05) is 0 Å². The highest BCUT2D eigenvalue weighted by Gasteiger charge is 2.21. The normalized spacial score (nSPS) is 16.3. The average molecular weight is 149 g/mol. The van der Waals surface area contributed by atoms with Crippen molar-refractivity contribution in [2.45, 2.75) is 13.0 Å². The Morgan fingerprint density at radius 3 is 2.70 bits per heavy atom. The maximum Gasteiger partial charge on any atom is 0.346 e. The lowest BCUT2D eigenvalue weighted by molar-refractivity contribution is -0.351. The molecule has 0 aromatic heterocycles. The second-order valence-corrected chi connectivity index (χ2v) is 1.54. The van der Waals surface area contributed by atoms with Crippen LogP contribution in [-0.2, 0) is 14.3 Å². The zero-order chi connectivity index (χ0) is 8.04. The molecule has 0 unspecified atom stereocenters. The monoisotopic (exact) mass is 149 g/mol. The largest absolute Gasteiger partial charge is 0.346 e. The number of nitrogens with two attached hydrogens (primary N) is 1. The third-order valence-corrected chi connectivity index (χ3v) is 0.709. The highest BCUT2D eigenvalue weighted by Crippen LogP contribution is 1.97. The fourth-order valence-electron chi connectivity index (χ4n) is 0.402. The first-order valence-electron chi connectivity index (χ1n) is 2.85. The van der Waals surface area contributed by atoms with Crippen LogP contribution in [0.1, 0.15) is 6.92 Å². The second kappa shape index (κ2) is 4.35. The van der Waals surface area contributed by atoms with Crippen molar-refractivity contribution in [2.75, 3.05) is 13.2 Å². The van der Waals surface area contributed by atoms with Crippen LogP contribution in [0.3, 0.4) is 0 Å². The predicted octanol–water partition coefficient (Wildman–Crippen LogP) is -1.20. The third-order valence-electron chi connectivity index (χ3n) is 0.709. The lowest BCUT2D eigenvalue weighted by atomic mass is 10.8. The van der Waals surface area contributed by atoms with Crippen molar-refractivity contribution < 1.29 is 19.4 Å². The molecule has 0 aliphatic heterocycles. The van der Waals surface area contributed by atoms with Gasteiger partial charge in [0.25, 0.3) is 0 Å². The molecule has 3 N–H and O–H groups in total. The van der Waals surface area contributed by atoms with Crippen LogP contribution in [0.25, 0.3) is 0 Å². The van der Waals surface area contributed by atoms with Crippen LogP contribution < -0.4 is 5.73 Å². The fraction of sp³-hybridized carbons (Fsp3) is 0.800. The van der Waals surface area contributed by atoms with Gasteiger partial charge in [0.2, 0.25) is 0 Å². The van der Waals surface area contributed by atoms with E-state index in [0.29, 0.717) is 6.29 Å². The summed E-state index contributed by atoms with van der Waals surface area (Å²) in [6.07, 6.45) is -1.66. The van der Waals surface area contributed by atoms with E-state index in [1.54, 1.807) is 6.92 Å². The maximum atomic E-state index is 9.71. The molecular weight excluding hydrogens is 138 g/mol. The summed E-state index contributed by atoms with van der Waals surface area (Å²) in [5.41, 5.74) is 4.97. The Bertz CT molecular complexity index is 104. The SMILES string of the molecule is CCO[C@](N)(O)OCC=O. The summed E-state index contributed by atoms with van der Waals surface area (Å²) in [7, 11) is 0. The van der Waals surface area contributed by atoms with Crippen molar-refractivity contribution in [3.63, 3.8) is 0 Å². The first-order chi connectivity index (χ1) is 4.62. The van der Waals surface area contributed by atoms with Gasteiger partial charge in [-0.25, -0.2) is 0 Å². The Kier molecular flexibility index (Phi) is 4.13. The Labute approximate surface area is 58.7 Å². The first-order valence-corrected chi connectivity index (χ1v) is 2.85. The standard InChI is InChI=1S/C5H11NO4/c1-2-9-5(6,8)10-4-3-7/h3,8H,2,4,6H2,1H3/t5-/m0/s1. The van der Waals surface area contributed by atoms with E-state index in [4.69, 9.17) is 10.8 Å². The van der Waals surface area contributed by atoms with Gasteiger partial charge in [-0.15, -0.1) is 0 Å². The van der Waals surface area contributed by atoms with E-state index >= 15 is 0 Å². The third kappa shape index (κ3) is 4.39. The molecule has 0 amide bonds. The van der Waals surface area contributed by atoms with Crippen LogP contribution in [0.2, 0.25) is 0 Å². The molecule has 0 fully saturated rings. The first kappa shape index (κ1) is 9.51. The highest BCUT2D eigenvalue weighted by atomic mass is 16.8. The molecule has 5 heteroatoms. The van der Waals surface area contributed by atoms with Crippen LogP contribution in [0, 0.1) is 0 Å². The zero-order valence-corrected chi connectivity index (χ0v) is 5.74. The average Bonchev–Trinajstić information content (AvgIpc) is 1.84. The number of ether oxygens (including phenoxy) is 2. The van der Waals surface area contributed by atoms with Crippen molar-refractivity contribution in [2.24, 2.45) is 5.73 Å². The van der Waals surface area contributed by atoms with Gasteiger partial charge in [0.05, 0.1) is 6.61 Å². The van der Waals surface area contributed by atoms with Crippen molar-refractivity contribution in [3.05, 3.63) is 0 Å². The van der Waals surface area contributed by atoms with Gasteiger partial charge < -0.3 is 19.4 Å². The molecule has 0 aromatic rings. The highest BCUT2D eigenvalue weighted by molar-refractivity contribution is 5.50. The summed E-state index contributed by atoms with van der Waals surface area (Å²) in [6, 6.07) is 0. The van der Waals surface area contributed by atoms with Crippen molar-refractivity contribution in [1.29, 1.82) is 0 Å². The van der Waals surface area contributed by atoms with Gasteiger partial charge in [-0.05, 0) is 6.92 Å². The molecular formula is C5H11NO4. The van der Waals surface area contributed by atoms with E-state index in [1.165, 1.54) is 0 Å². The molecule has 0 aliphatic rings. The van der Waals surface area contributed by atoms with Gasteiger partial charge >= 0.3 is 6.10 Å². The number of hydrogen-bond donors (Lipinski definition) is 2. The molecule has 0 radical (unpaired) electrons. The molecule has 5 nitrogen and oxygen atoms in total. The maximum absolute atomic E-state index is 9.71. The second-order valence-electron chi connectivity index (χ2n) is 1.54. The smallest absolute Gasteiger partial charge is 0.330 e. The van der Waals surface area contributed by atoms with Crippen molar-refractivity contribution in [1.82, 2.24) is 0 Å². The molecule has 10 heavy (non-hydrogen) atoms. The molecule has 1 atom stereocenters. The minimum Gasteiger partial charge on any atom is -0.330 e. The molecule has 0 rings (SSSR count). The molecule has 0 heterocycles. The predicted molar refractivity (Wildman–Crippen MR) is 32.8 cm³/mol. The lowest BCUT2D eigenvalue weighted by Crippen LogP contribution is -2.45. The van der Waals surface area contributed by atoms with Crippen molar-refractivity contribution >= 4 is 6.29 Å². The van der Waals surface area contributed by atoms with Crippen LogP contribution >= 0.6 is 0 Å². The van der Waals surface area contributed by atoms with E-state index in [0.717, 1.165) is 0 Å². The van der Waals surface area contributed by atoms with E-state index in [9.17, 15) is 4.79 Å². The minimum atomic E-state index is -2.13. The lowest BCUT2D eigenvalue weighted by Gasteiger charge is -2.20. The molecule has 0 aromatic carbocycles. The van der Waals surface area contributed by atoms with Crippen LogP contribution in [0.4, 0.5) is 0 Å². The van der Waals surface area contributed by atoms with E-state index in [1.807, 2.05) is 0 Å². The summed E-state index contributed by atoms with van der Waals surface area (Å²) in [5, 5.41) is 8.82. The zero-order valence-electron chi connectivity index (χ0n) is 5.74. The van der Waals surface area contributed by atoms with Crippen LogP contribution in [-0.4, -0.2) is 30.7 Å². The molecule has 0 saturated heterocycles. The summed E-state index contributed by atoms with van der Waals surface area (Å²) >= 11 is 0. The summed E-state index contributed by atoms with van der Waals surface area (Å²) in [4.78, 5) is 9.71. The summed E-state index contributed by atoms with van der Waals surface area (Å²) in [6.45, 7) is 1.57. The van der Waals surface area contributed by atoms with Gasteiger partial charge in [-0.3, -0.25) is 5.73 Å². The van der Waals surface area contributed by atoms with Gasteiger partial charge in [-0.2, -0.15) is 0 Å². The van der Waals surface area contributed by atoms with E-state index < -0.39 is 6.10 Å². The fourth-order valence-corrected chi connectivity index (χ4v) is 0.402. The van der Waals surface area contributed by atoms with Crippen LogP contribution in [0.5, 0.6) is 0 Å².